The number of benzene rings is 1. The van der Waals surface area contributed by atoms with E-state index in [1.807, 2.05) is 0 Å². The monoisotopic (exact) mass is 207 g/mol. The van der Waals surface area contributed by atoms with Gasteiger partial charge < -0.3 is 10.4 Å². The van der Waals surface area contributed by atoms with Crippen LogP contribution in [-0.4, -0.2) is 18.3 Å². The third-order valence-corrected chi connectivity index (χ3v) is 2.67. The summed E-state index contributed by atoms with van der Waals surface area (Å²) < 4.78 is 0. The molecule has 1 aromatic carbocycles. The van der Waals surface area contributed by atoms with Crippen LogP contribution in [-0.2, 0) is 0 Å². The average molecular weight is 207 g/mol. The van der Waals surface area contributed by atoms with E-state index >= 15 is 0 Å². The van der Waals surface area contributed by atoms with Crippen LogP contribution in [0, 0.1) is 0 Å². The van der Waals surface area contributed by atoms with Crippen LogP contribution < -0.4 is 5.32 Å². The Morgan fingerprint density at radius 1 is 1.07 bits per heavy atom. The van der Waals surface area contributed by atoms with Crippen LogP contribution in [0.15, 0.2) is 24.3 Å². The fourth-order valence-electron chi connectivity index (χ4n) is 1.57. The summed E-state index contributed by atoms with van der Waals surface area (Å²) in [6.07, 6.45) is 0. The minimum absolute atomic E-state index is 0.189. The first-order valence-corrected chi connectivity index (χ1v) is 5.59. The molecule has 84 valence electrons. The van der Waals surface area contributed by atoms with Gasteiger partial charge in [-0.2, -0.15) is 0 Å². The van der Waals surface area contributed by atoms with E-state index in [-0.39, 0.29) is 6.61 Å². The van der Waals surface area contributed by atoms with E-state index in [0.717, 1.165) is 0 Å². The molecule has 0 aliphatic carbocycles. The zero-order valence-electron chi connectivity index (χ0n) is 9.83. The molecule has 0 fully saturated rings. The summed E-state index contributed by atoms with van der Waals surface area (Å²) in [7, 11) is 0. The molecule has 2 nitrogen and oxygen atoms in total. The molecule has 0 amide bonds. The van der Waals surface area contributed by atoms with E-state index in [1.165, 1.54) is 11.1 Å². The summed E-state index contributed by atoms with van der Waals surface area (Å²) in [6, 6.07) is 8.97. The summed E-state index contributed by atoms with van der Waals surface area (Å²) in [5.74, 6) is 0.583. The number of rotatable bonds is 5. The summed E-state index contributed by atoms with van der Waals surface area (Å²) in [6.45, 7) is 7.34. The lowest BCUT2D eigenvalue weighted by Gasteiger charge is -2.14. The molecule has 2 N–H and O–H groups in total. The number of aliphatic hydroxyl groups excluding tert-OH is 1. The maximum Gasteiger partial charge on any atom is 0.0556 e. The first kappa shape index (κ1) is 12.2. The smallest absolute Gasteiger partial charge is 0.0556 e. The van der Waals surface area contributed by atoms with Gasteiger partial charge in [-0.15, -0.1) is 0 Å². The zero-order valence-corrected chi connectivity index (χ0v) is 9.83. The van der Waals surface area contributed by atoms with Crippen molar-refractivity contribution in [2.45, 2.75) is 32.7 Å². The van der Waals surface area contributed by atoms with Gasteiger partial charge in [-0.1, -0.05) is 38.1 Å². The van der Waals surface area contributed by atoms with Crippen LogP contribution in [0.5, 0.6) is 0 Å². The zero-order chi connectivity index (χ0) is 11.3. The van der Waals surface area contributed by atoms with Crippen LogP contribution in [0.1, 0.15) is 43.9 Å². The molecule has 0 radical (unpaired) electrons. The lowest BCUT2D eigenvalue weighted by molar-refractivity contribution is 0.286. The van der Waals surface area contributed by atoms with Gasteiger partial charge in [0.2, 0.25) is 0 Å². The molecule has 1 atom stereocenters. The molecule has 0 spiro atoms. The van der Waals surface area contributed by atoms with Gasteiger partial charge in [-0.05, 0) is 24.0 Å². The highest BCUT2D eigenvalue weighted by Crippen LogP contribution is 2.18. The van der Waals surface area contributed by atoms with Crippen molar-refractivity contribution in [1.82, 2.24) is 5.32 Å². The number of nitrogens with one attached hydrogen (secondary N) is 1. The van der Waals surface area contributed by atoms with Gasteiger partial charge in [-0.3, -0.25) is 0 Å². The molecule has 0 aliphatic heterocycles. The first-order valence-electron chi connectivity index (χ1n) is 5.59. The highest BCUT2D eigenvalue weighted by molar-refractivity contribution is 5.26. The highest BCUT2D eigenvalue weighted by atomic mass is 16.3. The minimum Gasteiger partial charge on any atom is -0.395 e. The number of hydrogen-bond donors (Lipinski definition) is 2. The van der Waals surface area contributed by atoms with Gasteiger partial charge in [0.15, 0.2) is 0 Å². The van der Waals surface area contributed by atoms with Crippen molar-refractivity contribution < 1.29 is 5.11 Å². The normalized spacial score (nSPS) is 13.1. The highest BCUT2D eigenvalue weighted by Gasteiger charge is 2.04. The summed E-state index contributed by atoms with van der Waals surface area (Å²) in [5.41, 5.74) is 2.64. The van der Waals surface area contributed by atoms with Crippen LogP contribution in [0.2, 0.25) is 0 Å². The molecule has 0 aromatic heterocycles. The van der Waals surface area contributed by atoms with Gasteiger partial charge in [0.05, 0.1) is 6.61 Å². The quantitative estimate of drug-likeness (QED) is 0.777. The topological polar surface area (TPSA) is 32.3 Å². The summed E-state index contributed by atoms with van der Waals surface area (Å²) in [5, 5.41) is 12.0. The number of aliphatic hydroxyl groups is 1. The Balaban J connectivity index is 2.62. The summed E-state index contributed by atoms with van der Waals surface area (Å²) >= 11 is 0. The molecule has 0 saturated carbocycles. The second kappa shape index (κ2) is 5.89. The third kappa shape index (κ3) is 3.65. The van der Waals surface area contributed by atoms with Crippen molar-refractivity contribution in [1.29, 1.82) is 0 Å². The van der Waals surface area contributed by atoms with Crippen LogP contribution in [0.4, 0.5) is 0 Å². The van der Waals surface area contributed by atoms with E-state index in [1.54, 1.807) is 0 Å². The van der Waals surface area contributed by atoms with Crippen molar-refractivity contribution in [3.8, 4) is 0 Å². The lowest BCUT2D eigenvalue weighted by Crippen LogP contribution is -2.22. The molecule has 2 heteroatoms. The molecule has 15 heavy (non-hydrogen) atoms. The molecular weight excluding hydrogens is 186 g/mol. The largest absolute Gasteiger partial charge is 0.395 e. The maximum atomic E-state index is 8.72. The second-order valence-electron chi connectivity index (χ2n) is 4.22. The Labute approximate surface area is 92.3 Å². The van der Waals surface area contributed by atoms with Gasteiger partial charge in [0.1, 0.15) is 0 Å². The fraction of sp³-hybridized carbons (Fsp3) is 0.538. The number of hydrogen-bond acceptors (Lipinski definition) is 2. The van der Waals surface area contributed by atoms with Gasteiger partial charge in [0.25, 0.3) is 0 Å². The standard InChI is InChI=1S/C13H21NO/c1-10(2)12-4-6-13(7-5-12)11(3)14-8-9-15/h4-7,10-11,14-15H,8-9H2,1-3H3. The molecule has 0 aliphatic rings. The summed E-state index contributed by atoms with van der Waals surface area (Å²) in [4.78, 5) is 0. The van der Waals surface area contributed by atoms with E-state index in [0.29, 0.717) is 18.5 Å². The van der Waals surface area contributed by atoms with Crippen molar-refractivity contribution in [2.24, 2.45) is 0 Å². The molecule has 1 unspecified atom stereocenters. The predicted octanol–water partition coefficient (Wildman–Crippen LogP) is 2.45. The van der Waals surface area contributed by atoms with Crippen molar-refractivity contribution in [3.63, 3.8) is 0 Å². The predicted molar refractivity (Wildman–Crippen MR) is 64.0 cm³/mol. The Kier molecular flexibility index (Phi) is 4.79. The molecular formula is C13H21NO. The lowest BCUT2D eigenvalue weighted by atomic mass is 10.00. The SMILES string of the molecule is CC(C)c1ccc(C(C)NCCO)cc1. The second-order valence-corrected chi connectivity index (χ2v) is 4.22. The molecule has 0 bridgehead atoms. The van der Waals surface area contributed by atoms with Crippen LogP contribution >= 0.6 is 0 Å². The maximum absolute atomic E-state index is 8.72. The van der Waals surface area contributed by atoms with Crippen molar-refractivity contribution >= 4 is 0 Å². The van der Waals surface area contributed by atoms with Gasteiger partial charge in [0, 0.05) is 12.6 Å². The van der Waals surface area contributed by atoms with Crippen LogP contribution in [0.25, 0.3) is 0 Å². The molecule has 1 aromatic rings. The minimum atomic E-state index is 0.189. The van der Waals surface area contributed by atoms with Gasteiger partial charge >= 0.3 is 0 Å². The Morgan fingerprint density at radius 3 is 2.07 bits per heavy atom. The fourth-order valence-corrected chi connectivity index (χ4v) is 1.57. The van der Waals surface area contributed by atoms with Gasteiger partial charge in [-0.25, -0.2) is 0 Å². The molecule has 0 saturated heterocycles. The Bertz CT molecular complexity index is 279. The van der Waals surface area contributed by atoms with E-state index in [4.69, 9.17) is 5.11 Å². The average Bonchev–Trinajstić information content (AvgIpc) is 2.26. The Hall–Kier alpha value is -0.860. The first-order chi connectivity index (χ1) is 7.15. The van der Waals surface area contributed by atoms with E-state index in [2.05, 4.69) is 50.4 Å². The Morgan fingerprint density at radius 2 is 1.60 bits per heavy atom. The van der Waals surface area contributed by atoms with Crippen molar-refractivity contribution in [3.05, 3.63) is 35.4 Å². The van der Waals surface area contributed by atoms with Crippen LogP contribution in [0.3, 0.4) is 0 Å². The third-order valence-electron chi connectivity index (χ3n) is 2.67. The molecule has 1 rings (SSSR count). The van der Waals surface area contributed by atoms with E-state index < -0.39 is 0 Å². The molecule has 0 heterocycles. The van der Waals surface area contributed by atoms with E-state index in [9.17, 15) is 0 Å². The van der Waals surface area contributed by atoms with Crippen molar-refractivity contribution in [2.75, 3.05) is 13.2 Å².